The van der Waals surface area contributed by atoms with Crippen LogP contribution in [0.2, 0.25) is 0 Å². The van der Waals surface area contributed by atoms with E-state index in [0.29, 0.717) is 23.4 Å². The Morgan fingerprint density at radius 2 is 1.66 bits per heavy atom. The molecule has 0 bridgehead atoms. The Bertz CT molecular complexity index is 1370. The monoisotopic (exact) mass is 537 g/mol. The average Bonchev–Trinajstić information content (AvgIpc) is 2.92. The van der Waals surface area contributed by atoms with Gasteiger partial charge in [-0.2, -0.15) is 0 Å². The van der Waals surface area contributed by atoms with Gasteiger partial charge < -0.3 is 15.0 Å². The van der Waals surface area contributed by atoms with Crippen LogP contribution >= 0.6 is 0 Å². The maximum absolute atomic E-state index is 14.0. The standard InChI is InChI=1S/C29H35N3O5S/c1-6-26(29(34)30-4)31(19-23-11-9-12-24(18-23)37-5)28(33)20-32(27-13-8-7-10-22(27)3)38(35,36)25-16-14-21(2)15-17-25/h7-18,26H,6,19-20H2,1-5H3,(H,30,34)/t26-/m0/s1. The van der Waals surface area contributed by atoms with E-state index < -0.39 is 28.5 Å². The number of para-hydroxylation sites is 1. The Balaban J connectivity index is 2.07. The Labute approximate surface area is 225 Å². The molecule has 0 radical (unpaired) electrons. The highest BCUT2D eigenvalue weighted by atomic mass is 32.2. The fourth-order valence-electron chi connectivity index (χ4n) is 4.25. The summed E-state index contributed by atoms with van der Waals surface area (Å²) in [4.78, 5) is 28.3. The van der Waals surface area contributed by atoms with E-state index in [4.69, 9.17) is 4.74 Å². The number of ether oxygens (including phenoxy) is 1. The Kier molecular flexibility index (Phi) is 9.52. The molecule has 8 nitrogen and oxygen atoms in total. The lowest BCUT2D eigenvalue weighted by atomic mass is 10.1. The van der Waals surface area contributed by atoms with Gasteiger partial charge in [0.15, 0.2) is 0 Å². The van der Waals surface area contributed by atoms with Crippen molar-refractivity contribution in [2.45, 2.75) is 44.7 Å². The molecule has 38 heavy (non-hydrogen) atoms. The molecule has 0 saturated carbocycles. The number of methoxy groups -OCH3 is 1. The van der Waals surface area contributed by atoms with Crippen LogP contribution < -0.4 is 14.4 Å². The molecule has 0 aliphatic carbocycles. The number of amides is 2. The van der Waals surface area contributed by atoms with Crippen molar-refractivity contribution in [1.29, 1.82) is 0 Å². The van der Waals surface area contributed by atoms with Crippen molar-refractivity contribution in [3.8, 4) is 5.75 Å². The number of sulfonamides is 1. The molecule has 202 valence electrons. The largest absolute Gasteiger partial charge is 0.497 e. The van der Waals surface area contributed by atoms with E-state index in [-0.39, 0.29) is 17.3 Å². The number of hydrogen-bond donors (Lipinski definition) is 1. The molecule has 0 saturated heterocycles. The normalized spacial score (nSPS) is 11.9. The molecule has 0 heterocycles. The molecule has 0 fully saturated rings. The summed E-state index contributed by atoms with van der Waals surface area (Å²) in [7, 11) is -1.03. The van der Waals surface area contributed by atoms with Crippen LogP contribution in [-0.2, 0) is 26.2 Å². The second kappa shape index (κ2) is 12.6. The molecular formula is C29H35N3O5S. The minimum atomic E-state index is -4.10. The number of rotatable bonds is 11. The highest BCUT2D eigenvalue weighted by molar-refractivity contribution is 7.92. The second-order valence-corrected chi connectivity index (χ2v) is 10.9. The first-order valence-corrected chi connectivity index (χ1v) is 13.8. The molecular weight excluding hydrogens is 502 g/mol. The molecule has 9 heteroatoms. The van der Waals surface area contributed by atoms with Crippen molar-refractivity contribution in [3.63, 3.8) is 0 Å². The van der Waals surface area contributed by atoms with Gasteiger partial charge in [-0.1, -0.05) is 55.0 Å². The number of anilines is 1. The zero-order chi connectivity index (χ0) is 27.9. The molecule has 2 amide bonds. The van der Waals surface area contributed by atoms with Crippen LogP contribution in [0.3, 0.4) is 0 Å². The minimum Gasteiger partial charge on any atom is -0.497 e. The molecule has 0 aromatic heterocycles. The van der Waals surface area contributed by atoms with Crippen molar-refractivity contribution < 1.29 is 22.7 Å². The molecule has 0 unspecified atom stereocenters. The van der Waals surface area contributed by atoms with Gasteiger partial charge >= 0.3 is 0 Å². The summed E-state index contributed by atoms with van der Waals surface area (Å²) in [5, 5.41) is 2.63. The molecule has 3 aromatic carbocycles. The smallest absolute Gasteiger partial charge is 0.264 e. The summed E-state index contributed by atoms with van der Waals surface area (Å²) in [5.74, 6) is -0.207. The number of carbonyl (C=O) groups is 2. The molecule has 0 spiro atoms. The number of aryl methyl sites for hydroxylation is 2. The van der Waals surface area contributed by atoms with Crippen molar-refractivity contribution in [2.75, 3.05) is 25.0 Å². The van der Waals surface area contributed by atoms with Gasteiger partial charge in [0.05, 0.1) is 17.7 Å². The SMILES string of the molecule is CC[C@@H](C(=O)NC)N(Cc1cccc(OC)c1)C(=O)CN(c1ccccc1C)S(=O)(=O)c1ccc(C)cc1. The average molecular weight is 538 g/mol. The zero-order valence-electron chi connectivity index (χ0n) is 22.5. The first-order valence-electron chi connectivity index (χ1n) is 12.4. The van der Waals surface area contributed by atoms with Crippen LogP contribution in [0, 0.1) is 13.8 Å². The second-order valence-electron chi connectivity index (χ2n) is 9.02. The van der Waals surface area contributed by atoms with Gasteiger partial charge in [0.2, 0.25) is 11.8 Å². The highest BCUT2D eigenvalue weighted by Gasteiger charge is 2.33. The van der Waals surface area contributed by atoms with Crippen LogP contribution in [0.5, 0.6) is 5.75 Å². The van der Waals surface area contributed by atoms with Crippen LogP contribution in [0.25, 0.3) is 0 Å². The first kappa shape index (κ1) is 28.7. The van der Waals surface area contributed by atoms with Crippen LogP contribution in [0.1, 0.15) is 30.0 Å². The number of likely N-dealkylation sites (N-methyl/N-ethyl adjacent to an activating group) is 1. The van der Waals surface area contributed by atoms with Crippen LogP contribution in [0.15, 0.2) is 77.7 Å². The molecule has 0 aliphatic heterocycles. The predicted octanol–water partition coefficient (Wildman–Crippen LogP) is 4.06. The van der Waals surface area contributed by atoms with E-state index in [0.717, 1.165) is 15.4 Å². The van der Waals surface area contributed by atoms with E-state index in [1.807, 2.05) is 26.0 Å². The Morgan fingerprint density at radius 1 is 0.974 bits per heavy atom. The van der Waals surface area contributed by atoms with E-state index in [1.54, 1.807) is 62.6 Å². The fourth-order valence-corrected chi connectivity index (χ4v) is 5.73. The summed E-state index contributed by atoms with van der Waals surface area (Å²) < 4.78 is 34.2. The number of carbonyl (C=O) groups excluding carboxylic acids is 2. The third-order valence-corrected chi connectivity index (χ3v) is 8.17. The van der Waals surface area contributed by atoms with Crippen molar-refractivity contribution in [1.82, 2.24) is 10.2 Å². The van der Waals surface area contributed by atoms with Crippen LogP contribution in [-0.4, -0.2) is 51.9 Å². The summed E-state index contributed by atoms with van der Waals surface area (Å²) >= 11 is 0. The first-order chi connectivity index (χ1) is 18.1. The van der Waals surface area contributed by atoms with E-state index in [2.05, 4.69) is 5.32 Å². The zero-order valence-corrected chi connectivity index (χ0v) is 23.3. The van der Waals surface area contributed by atoms with Crippen molar-refractivity contribution in [2.24, 2.45) is 0 Å². The minimum absolute atomic E-state index is 0.0804. The topological polar surface area (TPSA) is 96.0 Å². The fraction of sp³-hybridized carbons (Fsp3) is 0.310. The Morgan fingerprint density at radius 3 is 2.26 bits per heavy atom. The van der Waals surface area contributed by atoms with Gasteiger partial charge in [0.1, 0.15) is 18.3 Å². The number of hydrogen-bond acceptors (Lipinski definition) is 5. The lowest BCUT2D eigenvalue weighted by Crippen LogP contribution is -2.51. The van der Waals surface area contributed by atoms with Gasteiger partial charge in [-0.3, -0.25) is 13.9 Å². The van der Waals surface area contributed by atoms with Gasteiger partial charge in [-0.05, 0) is 61.7 Å². The maximum atomic E-state index is 14.0. The predicted molar refractivity (Wildman–Crippen MR) is 149 cm³/mol. The molecule has 3 aromatic rings. The number of benzene rings is 3. The maximum Gasteiger partial charge on any atom is 0.264 e. The van der Waals surface area contributed by atoms with E-state index in [1.165, 1.54) is 24.1 Å². The van der Waals surface area contributed by atoms with E-state index >= 15 is 0 Å². The molecule has 0 aliphatic rings. The lowest BCUT2D eigenvalue weighted by Gasteiger charge is -2.33. The molecule has 1 N–H and O–H groups in total. The highest BCUT2D eigenvalue weighted by Crippen LogP contribution is 2.28. The summed E-state index contributed by atoms with van der Waals surface area (Å²) in [6, 6.07) is 20.0. The number of nitrogens with one attached hydrogen (secondary N) is 1. The van der Waals surface area contributed by atoms with Crippen molar-refractivity contribution in [3.05, 3.63) is 89.5 Å². The van der Waals surface area contributed by atoms with Gasteiger partial charge in [-0.25, -0.2) is 8.42 Å². The Hall–Kier alpha value is -3.85. The molecule has 1 atom stereocenters. The van der Waals surface area contributed by atoms with E-state index in [9.17, 15) is 18.0 Å². The summed E-state index contributed by atoms with van der Waals surface area (Å²) in [5.41, 5.74) is 2.77. The van der Waals surface area contributed by atoms with Gasteiger partial charge in [0, 0.05) is 13.6 Å². The lowest BCUT2D eigenvalue weighted by molar-refractivity contribution is -0.140. The summed E-state index contributed by atoms with van der Waals surface area (Å²) in [6.45, 7) is 5.12. The van der Waals surface area contributed by atoms with Gasteiger partial charge in [0.25, 0.3) is 10.0 Å². The number of nitrogens with zero attached hydrogens (tertiary/aromatic N) is 2. The third-order valence-electron chi connectivity index (χ3n) is 6.39. The van der Waals surface area contributed by atoms with Crippen molar-refractivity contribution >= 4 is 27.5 Å². The molecule has 3 rings (SSSR count). The van der Waals surface area contributed by atoms with Gasteiger partial charge in [-0.15, -0.1) is 0 Å². The third kappa shape index (κ3) is 6.52. The quantitative estimate of drug-likeness (QED) is 0.398. The van der Waals surface area contributed by atoms with Crippen LogP contribution in [0.4, 0.5) is 5.69 Å². The summed E-state index contributed by atoms with van der Waals surface area (Å²) in [6.07, 6.45) is 0.352.